The Bertz CT molecular complexity index is 689. The van der Waals surface area contributed by atoms with E-state index in [1.165, 1.54) is 0 Å². The molecule has 104 valence electrons. The molecule has 2 aromatic carbocycles. The van der Waals surface area contributed by atoms with Crippen LogP contribution in [0.25, 0.3) is 0 Å². The number of hydrogen-bond acceptors (Lipinski definition) is 3. The maximum atomic E-state index is 13.5. The van der Waals surface area contributed by atoms with Gasteiger partial charge in [-0.15, -0.1) is 0 Å². The molecule has 0 atom stereocenters. The van der Waals surface area contributed by atoms with Gasteiger partial charge in [-0.2, -0.15) is 0 Å². The summed E-state index contributed by atoms with van der Waals surface area (Å²) in [4.78, 5) is 10.7. The molecule has 0 heterocycles. The monoisotopic (exact) mass is 283 g/mol. The molecule has 20 heavy (non-hydrogen) atoms. The van der Waals surface area contributed by atoms with Gasteiger partial charge in [0.2, 0.25) is 0 Å². The molecular formula is C13H8F3NO3. The van der Waals surface area contributed by atoms with Crippen molar-refractivity contribution < 1.29 is 27.8 Å². The number of nitrogens with two attached hydrogens (primary N) is 1. The van der Waals surface area contributed by atoms with Crippen LogP contribution in [0.15, 0.2) is 30.3 Å². The fourth-order valence-electron chi connectivity index (χ4n) is 1.49. The molecule has 0 spiro atoms. The summed E-state index contributed by atoms with van der Waals surface area (Å²) in [6.45, 7) is 0. The van der Waals surface area contributed by atoms with Crippen molar-refractivity contribution in [1.29, 1.82) is 0 Å². The molecule has 0 fully saturated rings. The standard InChI is InChI=1S/C13H8F3NO3/c14-8-2-1-6(3-10(8)16)20-12-5-9(15)7(13(18)19)4-11(12)17/h1-5H,17H2,(H,18,19). The Morgan fingerprint density at radius 2 is 1.75 bits per heavy atom. The summed E-state index contributed by atoms with van der Waals surface area (Å²) >= 11 is 0. The van der Waals surface area contributed by atoms with Gasteiger partial charge in [-0.3, -0.25) is 0 Å². The highest BCUT2D eigenvalue weighted by atomic mass is 19.2. The third kappa shape index (κ3) is 2.66. The minimum Gasteiger partial charge on any atom is -0.478 e. The number of carboxylic acids is 1. The molecule has 4 nitrogen and oxygen atoms in total. The molecule has 7 heteroatoms. The first-order valence-electron chi connectivity index (χ1n) is 5.33. The van der Waals surface area contributed by atoms with Gasteiger partial charge in [0, 0.05) is 12.1 Å². The first-order chi connectivity index (χ1) is 9.38. The normalized spacial score (nSPS) is 10.3. The molecule has 0 saturated carbocycles. The first-order valence-corrected chi connectivity index (χ1v) is 5.33. The summed E-state index contributed by atoms with van der Waals surface area (Å²) in [6.07, 6.45) is 0. The lowest BCUT2D eigenvalue weighted by molar-refractivity contribution is 0.0692. The number of benzene rings is 2. The highest BCUT2D eigenvalue weighted by molar-refractivity contribution is 5.89. The molecule has 2 aromatic rings. The largest absolute Gasteiger partial charge is 0.478 e. The van der Waals surface area contributed by atoms with Crippen LogP contribution in [0.2, 0.25) is 0 Å². The second kappa shape index (κ2) is 5.12. The number of carboxylic acid groups (broad SMARTS) is 1. The lowest BCUT2D eigenvalue weighted by atomic mass is 10.1. The van der Waals surface area contributed by atoms with Gasteiger partial charge in [0.1, 0.15) is 11.6 Å². The van der Waals surface area contributed by atoms with E-state index in [-0.39, 0.29) is 17.2 Å². The zero-order valence-electron chi connectivity index (χ0n) is 9.86. The van der Waals surface area contributed by atoms with Crippen molar-refractivity contribution >= 4 is 11.7 Å². The molecular weight excluding hydrogens is 275 g/mol. The van der Waals surface area contributed by atoms with Crippen LogP contribution in [0.3, 0.4) is 0 Å². The Hall–Kier alpha value is -2.70. The quantitative estimate of drug-likeness (QED) is 0.848. The van der Waals surface area contributed by atoms with Gasteiger partial charge in [-0.1, -0.05) is 0 Å². The van der Waals surface area contributed by atoms with Crippen LogP contribution in [-0.4, -0.2) is 11.1 Å². The maximum absolute atomic E-state index is 13.5. The van der Waals surface area contributed by atoms with Gasteiger partial charge in [0.05, 0.1) is 11.3 Å². The van der Waals surface area contributed by atoms with E-state index in [0.29, 0.717) is 0 Å². The third-order valence-corrected chi connectivity index (χ3v) is 2.45. The Kier molecular flexibility index (Phi) is 3.51. The molecule has 0 aliphatic carbocycles. The number of rotatable bonds is 3. The second-order valence-corrected chi connectivity index (χ2v) is 3.85. The van der Waals surface area contributed by atoms with Crippen LogP contribution in [0, 0.1) is 17.5 Å². The topological polar surface area (TPSA) is 72.6 Å². The highest BCUT2D eigenvalue weighted by Gasteiger charge is 2.15. The van der Waals surface area contributed by atoms with Crippen molar-refractivity contribution in [2.75, 3.05) is 5.73 Å². The number of anilines is 1. The van der Waals surface area contributed by atoms with Crippen LogP contribution in [0.5, 0.6) is 11.5 Å². The van der Waals surface area contributed by atoms with Crippen molar-refractivity contribution in [3.63, 3.8) is 0 Å². The molecule has 0 aliphatic rings. The summed E-state index contributed by atoms with van der Waals surface area (Å²) in [6, 6.07) is 4.37. The molecule has 0 amide bonds. The summed E-state index contributed by atoms with van der Waals surface area (Å²) in [5.74, 6) is -5.02. The number of halogens is 3. The lowest BCUT2D eigenvalue weighted by Crippen LogP contribution is -2.03. The molecule has 0 saturated heterocycles. The van der Waals surface area contributed by atoms with E-state index in [0.717, 1.165) is 30.3 Å². The minimum atomic E-state index is -1.48. The Morgan fingerprint density at radius 1 is 1.05 bits per heavy atom. The van der Waals surface area contributed by atoms with Crippen LogP contribution in [-0.2, 0) is 0 Å². The molecule has 2 rings (SSSR count). The molecule has 0 radical (unpaired) electrons. The maximum Gasteiger partial charge on any atom is 0.338 e. The van der Waals surface area contributed by atoms with Gasteiger partial charge in [0.25, 0.3) is 0 Å². The van der Waals surface area contributed by atoms with E-state index in [2.05, 4.69) is 0 Å². The predicted molar refractivity (Wildman–Crippen MR) is 64.2 cm³/mol. The van der Waals surface area contributed by atoms with E-state index in [1.54, 1.807) is 0 Å². The van der Waals surface area contributed by atoms with E-state index in [1.807, 2.05) is 0 Å². The van der Waals surface area contributed by atoms with Gasteiger partial charge in [0.15, 0.2) is 17.4 Å². The zero-order valence-corrected chi connectivity index (χ0v) is 9.86. The van der Waals surface area contributed by atoms with Crippen molar-refractivity contribution in [3.8, 4) is 11.5 Å². The summed E-state index contributed by atoms with van der Waals surface area (Å²) in [5.41, 5.74) is 4.77. The molecule has 0 unspecified atom stereocenters. The van der Waals surface area contributed by atoms with Crippen LogP contribution in [0.4, 0.5) is 18.9 Å². The number of aromatic carboxylic acids is 1. The summed E-state index contributed by atoms with van der Waals surface area (Å²) < 4.78 is 44.3. The SMILES string of the molecule is Nc1cc(C(=O)O)c(F)cc1Oc1ccc(F)c(F)c1. The van der Waals surface area contributed by atoms with Gasteiger partial charge >= 0.3 is 5.97 Å². The highest BCUT2D eigenvalue weighted by Crippen LogP contribution is 2.30. The van der Waals surface area contributed by atoms with Crippen LogP contribution >= 0.6 is 0 Å². The number of hydrogen-bond donors (Lipinski definition) is 2. The number of nitrogen functional groups attached to an aromatic ring is 1. The predicted octanol–water partition coefficient (Wildman–Crippen LogP) is 3.18. The fourth-order valence-corrected chi connectivity index (χ4v) is 1.49. The Labute approximate surface area is 111 Å². The molecule has 0 aromatic heterocycles. The van der Waals surface area contributed by atoms with Gasteiger partial charge in [-0.05, 0) is 18.2 Å². The van der Waals surface area contributed by atoms with Crippen molar-refractivity contribution in [1.82, 2.24) is 0 Å². The van der Waals surface area contributed by atoms with Crippen LogP contribution < -0.4 is 10.5 Å². The lowest BCUT2D eigenvalue weighted by Gasteiger charge is -2.10. The van der Waals surface area contributed by atoms with Crippen molar-refractivity contribution in [2.24, 2.45) is 0 Å². The van der Waals surface area contributed by atoms with E-state index >= 15 is 0 Å². The Morgan fingerprint density at radius 3 is 2.35 bits per heavy atom. The van der Waals surface area contributed by atoms with E-state index in [4.69, 9.17) is 15.6 Å². The molecule has 0 bridgehead atoms. The average molecular weight is 283 g/mol. The average Bonchev–Trinajstić information content (AvgIpc) is 2.37. The number of ether oxygens (including phenoxy) is 1. The van der Waals surface area contributed by atoms with Gasteiger partial charge < -0.3 is 15.6 Å². The Balaban J connectivity index is 2.36. The van der Waals surface area contributed by atoms with Crippen LogP contribution in [0.1, 0.15) is 10.4 Å². The van der Waals surface area contributed by atoms with E-state index in [9.17, 15) is 18.0 Å². The molecule has 3 N–H and O–H groups in total. The minimum absolute atomic E-state index is 0.0990. The summed E-state index contributed by atoms with van der Waals surface area (Å²) in [5, 5.41) is 8.71. The van der Waals surface area contributed by atoms with Gasteiger partial charge in [-0.25, -0.2) is 18.0 Å². The number of carbonyl (C=O) groups is 1. The smallest absolute Gasteiger partial charge is 0.338 e. The van der Waals surface area contributed by atoms with Crippen molar-refractivity contribution in [3.05, 3.63) is 53.3 Å². The van der Waals surface area contributed by atoms with E-state index < -0.39 is 29.0 Å². The first kappa shape index (κ1) is 13.7. The fraction of sp³-hybridized carbons (Fsp3) is 0. The van der Waals surface area contributed by atoms with Crippen molar-refractivity contribution in [2.45, 2.75) is 0 Å². The summed E-state index contributed by atoms with van der Waals surface area (Å²) in [7, 11) is 0. The second-order valence-electron chi connectivity index (χ2n) is 3.85. The molecule has 0 aliphatic heterocycles. The zero-order chi connectivity index (χ0) is 14.9. The third-order valence-electron chi connectivity index (χ3n) is 2.45.